The van der Waals surface area contributed by atoms with Crippen LogP contribution in [0.25, 0.3) is 0 Å². The summed E-state index contributed by atoms with van der Waals surface area (Å²) in [6, 6.07) is 6.47. The molecule has 0 radical (unpaired) electrons. The number of benzene rings is 1. The molecule has 0 bridgehead atoms. The number of halogens is 1. The zero-order chi connectivity index (χ0) is 17.8. The van der Waals surface area contributed by atoms with Gasteiger partial charge in [0.2, 0.25) is 11.9 Å². The SMILES string of the molecule is CCOC(=O)[C@@H]1C(=O)NC(N2CCCCC2)=N[C@H]1c1ccc(Cl)cc1. The van der Waals surface area contributed by atoms with Gasteiger partial charge >= 0.3 is 5.97 Å². The molecule has 0 aromatic heterocycles. The molecule has 2 heterocycles. The minimum Gasteiger partial charge on any atom is -0.465 e. The molecule has 0 unspecified atom stereocenters. The van der Waals surface area contributed by atoms with E-state index < -0.39 is 17.9 Å². The normalized spacial score (nSPS) is 23.7. The lowest BCUT2D eigenvalue weighted by atomic mass is 9.91. The van der Waals surface area contributed by atoms with Crippen LogP contribution in [0.2, 0.25) is 5.02 Å². The molecule has 0 spiro atoms. The second-order valence-corrected chi connectivity index (χ2v) is 6.65. The van der Waals surface area contributed by atoms with E-state index in [-0.39, 0.29) is 12.5 Å². The number of guanidine groups is 1. The maximum absolute atomic E-state index is 12.7. The van der Waals surface area contributed by atoms with Gasteiger partial charge in [-0.25, -0.2) is 4.99 Å². The van der Waals surface area contributed by atoms with Crippen molar-refractivity contribution in [3.63, 3.8) is 0 Å². The van der Waals surface area contributed by atoms with Gasteiger partial charge in [-0.1, -0.05) is 23.7 Å². The number of nitrogens with one attached hydrogen (secondary N) is 1. The lowest BCUT2D eigenvalue weighted by Crippen LogP contribution is -2.53. The number of carbonyl (C=O) groups excluding carboxylic acids is 2. The van der Waals surface area contributed by atoms with Crippen molar-refractivity contribution in [2.45, 2.75) is 32.2 Å². The van der Waals surface area contributed by atoms with E-state index in [0.29, 0.717) is 11.0 Å². The van der Waals surface area contributed by atoms with E-state index in [1.807, 2.05) is 0 Å². The number of hydrogen-bond acceptors (Lipinski definition) is 5. The summed E-state index contributed by atoms with van der Waals surface area (Å²) >= 11 is 5.96. The number of piperidine rings is 1. The van der Waals surface area contributed by atoms with Crippen LogP contribution in [0.1, 0.15) is 37.8 Å². The summed E-state index contributed by atoms with van der Waals surface area (Å²) in [6.45, 7) is 3.66. The molecule has 7 heteroatoms. The van der Waals surface area contributed by atoms with Crippen molar-refractivity contribution < 1.29 is 14.3 Å². The Hall–Kier alpha value is -2.08. The molecule has 0 saturated carbocycles. The monoisotopic (exact) mass is 363 g/mol. The van der Waals surface area contributed by atoms with Crippen LogP contribution in [-0.4, -0.2) is 42.4 Å². The third kappa shape index (κ3) is 3.95. The number of aliphatic imine (C=N–C) groups is 1. The van der Waals surface area contributed by atoms with Gasteiger partial charge in [0.25, 0.3) is 0 Å². The van der Waals surface area contributed by atoms with Crippen LogP contribution in [0.15, 0.2) is 29.3 Å². The number of amides is 1. The summed E-state index contributed by atoms with van der Waals surface area (Å²) in [6.07, 6.45) is 3.33. The van der Waals surface area contributed by atoms with E-state index in [0.717, 1.165) is 31.5 Å². The second-order valence-electron chi connectivity index (χ2n) is 6.22. The third-order valence-electron chi connectivity index (χ3n) is 4.50. The minimum atomic E-state index is -0.991. The van der Waals surface area contributed by atoms with Gasteiger partial charge < -0.3 is 9.64 Å². The topological polar surface area (TPSA) is 71.0 Å². The third-order valence-corrected chi connectivity index (χ3v) is 4.75. The molecule has 2 atom stereocenters. The van der Waals surface area contributed by atoms with E-state index in [2.05, 4.69) is 10.2 Å². The molecule has 3 rings (SSSR count). The first kappa shape index (κ1) is 17.7. The Kier molecular flexibility index (Phi) is 5.58. The Labute approximate surface area is 152 Å². The van der Waals surface area contributed by atoms with Crippen molar-refractivity contribution in [2.24, 2.45) is 10.9 Å². The molecular weight excluding hydrogens is 342 g/mol. The Morgan fingerprint density at radius 1 is 1.28 bits per heavy atom. The summed E-state index contributed by atoms with van der Waals surface area (Å²) in [5, 5.41) is 3.39. The van der Waals surface area contributed by atoms with Crippen molar-refractivity contribution in [2.75, 3.05) is 19.7 Å². The number of carbonyl (C=O) groups is 2. The van der Waals surface area contributed by atoms with Crippen LogP contribution in [0, 0.1) is 5.92 Å². The van der Waals surface area contributed by atoms with E-state index in [1.165, 1.54) is 6.42 Å². The summed E-state index contributed by atoms with van der Waals surface area (Å²) in [5.74, 6) is -1.37. The van der Waals surface area contributed by atoms with Gasteiger partial charge in [-0.2, -0.15) is 0 Å². The predicted octanol–water partition coefficient (Wildman–Crippen LogP) is 2.53. The lowest BCUT2D eigenvalue weighted by Gasteiger charge is -2.35. The first-order valence-corrected chi connectivity index (χ1v) is 9.03. The summed E-state index contributed by atoms with van der Waals surface area (Å²) in [7, 11) is 0. The van der Waals surface area contributed by atoms with Crippen LogP contribution in [0.3, 0.4) is 0 Å². The van der Waals surface area contributed by atoms with Crippen molar-refractivity contribution >= 4 is 29.4 Å². The van der Waals surface area contributed by atoms with Crippen molar-refractivity contribution in [1.29, 1.82) is 0 Å². The predicted molar refractivity (Wildman–Crippen MR) is 95.3 cm³/mol. The standard InChI is InChI=1S/C18H22ClN3O3/c1-2-25-17(24)14-15(12-6-8-13(19)9-7-12)20-18(21-16(14)23)22-10-4-3-5-11-22/h6-9,14-15H,2-5,10-11H2,1H3,(H,20,21,23)/t14-,15-/m0/s1. The molecule has 1 amide bonds. The molecule has 1 N–H and O–H groups in total. The molecule has 1 fully saturated rings. The van der Waals surface area contributed by atoms with Crippen LogP contribution in [-0.2, 0) is 14.3 Å². The van der Waals surface area contributed by atoms with Gasteiger partial charge in [-0.3, -0.25) is 14.9 Å². The highest BCUT2D eigenvalue weighted by molar-refractivity contribution is 6.30. The quantitative estimate of drug-likeness (QED) is 0.661. The van der Waals surface area contributed by atoms with Gasteiger partial charge in [-0.15, -0.1) is 0 Å². The molecule has 1 aromatic carbocycles. The molecule has 0 aliphatic carbocycles. The average Bonchev–Trinajstić information content (AvgIpc) is 2.62. The highest BCUT2D eigenvalue weighted by Crippen LogP contribution is 2.31. The fraction of sp³-hybridized carbons (Fsp3) is 0.500. The van der Waals surface area contributed by atoms with Crippen molar-refractivity contribution in [3.8, 4) is 0 Å². The average molecular weight is 364 g/mol. The summed E-state index contributed by atoms with van der Waals surface area (Å²) in [5.41, 5.74) is 0.770. The number of likely N-dealkylation sites (tertiary alicyclic amines) is 1. The Bertz CT molecular complexity index is 669. The Balaban J connectivity index is 1.95. The molecule has 2 aliphatic rings. The van der Waals surface area contributed by atoms with E-state index in [9.17, 15) is 9.59 Å². The first-order chi connectivity index (χ1) is 12.1. The van der Waals surface area contributed by atoms with Gasteiger partial charge in [0, 0.05) is 18.1 Å². The molecule has 1 aromatic rings. The van der Waals surface area contributed by atoms with E-state index in [4.69, 9.17) is 21.3 Å². The highest BCUT2D eigenvalue weighted by Gasteiger charge is 2.42. The number of ether oxygens (including phenoxy) is 1. The first-order valence-electron chi connectivity index (χ1n) is 8.66. The summed E-state index contributed by atoms with van der Waals surface area (Å²) in [4.78, 5) is 31.8. The highest BCUT2D eigenvalue weighted by atomic mass is 35.5. The van der Waals surface area contributed by atoms with Crippen molar-refractivity contribution in [3.05, 3.63) is 34.9 Å². The largest absolute Gasteiger partial charge is 0.465 e. The zero-order valence-electron chi connectivity index (χ0n) is 14.2. The number of hydrogen-bond donors (Lipinski definition) is 1. The smallest absolute Gasteiger partial charge is 0.321 e. The second kappa shape index (κ2) is 7.87. The zero-order valence-corrected chi connectivity index (χ0v) is 15.0. The van der Waals surface area contributed by atoms with Crippen LogP contribution in [0.5, 0.6) is 0 Å². The molecule has 1 saturated heterocycles. The Morgan fingerprint density at radius 2 is 1.96 bits per heavy atom. The number of nitrogens with zero attached hydrogens (tertiary/aromatic N) is 2. The molecule has 25 heavy (non-hydrogen) atoms. The summed E-state index contributed by atoms with van der Waals surface area (Å²) < 4.78 is 5.10. The van der Waals surface area contributed by atoms with Crippen LogP contribution >= 0.6 is 11.6 Å². The Morgan fingerprint density at radius 3 is 2.60 bits per heavy atom. The number of rotatable bonds is 3. The molecule has 2 aliphatic heterocycles. The van der Waals surface area contributed by atoms with Crippen LogP contribution < -0.4 is 5.32 Å². The maximum atomic E-state index is 12.7. The lowest BCUT2D eigenvalue weighted by molar-refractivity contribution is -0.153. The van der Waals surface area contributed by atoms with Crippen LogP contribution in [0.4, 0.5) is 0 Å². The fourth-order valence-corrected chi connectivity index (χ4v) is 3.36. The van der Waals surface area contributed by atoms with Gasteiger partial charge in [0.15, 0.2) is 5.92 Å². The molecular formula is C18H22ClN3O3. The van der Waals surface area contributed by atoms with Gasteiger partial charge in [0.05, 0.1) is 6.61 Å². The minimum absolute atomic E-state index is 0.221. The number of esters is 1. The fourth-order valence-electron chi connectivity index (χ4n) is 3.23. The van der Waals surface area contributed by atoms with Crippen molar-refractivity contribution in [1.82, 2.24) is 10.2 Å². The van der Waals surface area contributed by atoms with Gasteiger partial charge in [-0.05, 0) is 43.9 Å². The molecule has 134 valence electrons. The molecule has 6 nitrogen and oxygen atoms in total. The van der Waals surface area contributed by atoms with E-state index >= 15 is 0 Å². The van der Waals surface area contributed by atoms with E-state index in [1.54, 1.807) is 31.2 Å². The maximum Gasteiger partial charge on any atom is 0.321 e. The van der Waals surface area contributed by atoms with Gasteiger partial charge in [0.1, 0.15) is 6.04 Å².